The van der Waals surface area contributed by atoms with Crippen molar-refractivity contribution in [1.82, 2.24) is 0 Å². The third-order valence-electron chi connectivity index (χ3n) is 9.30. The van der Waals surface area contributed by atoms with Gasteiger partial charge in [-0.15, -0.1) is 0 Å². The highest BCUT2D eigenvalue weighted by atomic mass is 16.5. The SMILES string of the molecule is CC(=O)OC1CCC2(C)C(=CCC3C2CCC2(C)C(C(C)OC=O)CCC32)C1. The third-order valence-corrected chi connectivity index (χ3v) is 9.30. The first-order valence-corrected chi connectivity index (χ1v) is 11.3. The quantitative estimate of drug-likeness (QED) is 0.384. The van der Waals surface area contributed by atoms with Crippen molar-refractivity contribution in [2.75, 3.05) is 0 Å². The molecular formula is C24H36O4. The van der Waals surface area contributed by atoms with Crippen LogP contribution >= 0.6 is 0 Å². The molecule has 0 heterocycles. The lowest BCUT2D eigenvalue weighted by molar-refractivity contribution is -0.149. The van der Waals surface area contributed by atoms with E-state index in [1.165, 1.54) is 32.6 Å². The Balaban J connectivity index is 1.55. The van der Waals surface area contributed by atoms with E-state index in [-0.39, 0.29) is 23.6 Å². The summed E-state index contributed by atoms with van der Waals surface area (Å²) in [6, 6.07) is 0. The molecule has 0 amide bonds. The monoisotopic (exact) mass is 388 g/mol. The number of allylic oxidation sites excluding steroid dienone is 1. The van der Waals surface area contributed by atoms with Crippen molar-refractivity contribution in [3.05, 3.63) is 11.6 Å². The Bertz CT molecular complexity index is 670. The summed E-state index contributed by atoms with van der Waals surface area (Å²) in [7, 11) is 0. The van der Waals surface area contributed by atoms with Crippen molar-refractivity contribution in [3.63, 3.8) is 0 Å². The van der Waals surface area contributed by atoms with Crippen LogP contribution in [0, 0.1) is 34.5 Å². The van der Waals surface area contributed by atoms with Crippen LogP contribution in [0.4, 0.5) is 0 Å². The molecule has 0 aromatic heterocycles. The Kier molecular flexibility index (Phi) is 5.12. The fraction of sp³-hybridized carbons (Fsp3) is 0.833. The number of carbonyl (C=O) groups is 2. The molecule has 0 saturated heterocycles. The highest BCUT2D eigenvalue weighted by Crippen LogP contribution is 2.66. The van der Waals surface area contributed by atoms with Gasteiger partial charge in [0.15, 0.2) is 0 Å². The number of hydrogen-bond acceptors (Lipinski definition) is 4. The zero-order valence-electron chi connectivity index (χ0n) is 17.9. The first-order chi connectivity index (χ1) is 13.3. The van der Waals surface area contributed by atoms with Gasteiger partial charge in [-0.3, -0.25) is 9.59 Å². The Hall–Kier alpha value is -1.32. The molecule has 0 N–H and O–H groups in total. The molecule has 4 heteroatoms. The minimum atomic E-state index is -0.153. The van der Waals surface area contributed by atoms with E-state index in [0.717, 1.165) is 43.4 Å². The third kappa shape index (κ3) is 3.02. The van der Waals surface area contributed by atoms with E-state index in [1.54, 1.807) is 5.57 Å². The molecule has 0 aliphatic heterocycles. The van der Waals surface area contributed by atoms with E-state index in [4.69, 9.17) is 9.47 Å². The number of fused-ring (bicyclic) bond motifs is 5. The van der Waals surface area contributed by atoms with Gasteiger partial charge in [-0.05, 0) is 80.5 Å². The minimum Gasteiger partial charge on any atom is -0.465 e. The summed E-state index contributed by atoms with van der Waals surface area (Å²) >= 11 is 0. The lowest BCUT2D eigenvalue weighted by Gasteiger charge is -2.58. The van der Waals surface area contributed by atoms with Crippen LogP contribution in [0.3, 0.4) is 0 Å². The zero-order chi connectivity index (χ0) is 20.1. The standard InChI is InChI=1S/C24H36O4/c1-15(27-14-25)20-7-8-21-19-6-5-17-13-18(28-16(2)26)9-11-23(17,3)22(19)10-12-24(20,21)4/h5,14-15,18-22H,6-13H2,1-4H3. The van der Waals surface area contributed by atoms with Gasteiger partial charge in [0.1, 0.15) is 12.2 Å². The van der Waals surface area contributed by atoms with E-state index in [9.17, 15) is 9.59 Å². The number of carbonyl (C=O) groups excluding carboxylic acids is 2. The van der Waals surface area contributed by atoms with Crippen molar-refractivity contribution in [3.8, 4) is 0 Å². The average molecular weight is 389 g/mol. The molecular weight excluding hydrogens is 352 g/mol. The maximum absolute atomic E-state index is 11.4. The van der Waals surface area contributed by atoms with Crippen LogP contribution in [0.15, 0.2) is 11.6 Å². The smallest absolute Gasteiger partial charge is 0.302 e. The second-order valence-corrected chi connectivity index (χ2v) is 10.4. The van der Waals surface area contributed by atoms with Gasteiger partial charge >= 0.3 is 5.97 Å². The van der Waals surface area contributed by atoms with Crippen LogP contribution in [0.1, 0.15) is 79.1 Å². The summed E-state index contributed by atoms with van der Waals surface area (Å²) in [5.41, 5.74) is 2.10. The highest BCUT2D eigenvalue weighted by Gasteiger charge is 2.59. The largest absolute Gasteiger partial charge is 0.465 e. The summed E-state index contributed by atoms with van der Waals surface area (Å²) < 4.78 is 10.9. The van der Waals surface area contributed by atoms with Gasteiger partial charge in [-0.25, -0.2) is 0 Å². The van der Waals surface area contributed by atoms with Crippen molar-refractivity contribution < 1.29 is 19.1 Å². The second kappa shape index (κ2) is 7.18. The molecule has 0 spiro atoms. The minimum absolute atomic E-state index is 0.0218. The van der Waals surface area contributed by atoms with E-state index in [2.05, 4.69) is 26.8 Å². The molecule has 4 rings (SSSR count). The Labute approximate surface area is 169 Å². The maximum atomic E-state index is 11.4. The van der Waals surface area contributed by atoms with Gasteiger partial charge < -0.3 is 9.47 Å². The summed E-state index contributed by atoms with van der Waals surface area (Å²) in [4.78, 5) is 22.3. The van der Waals surface area contributed by atoms with Gasteiger partial charge in [0.2, 0.25) is 0 Å². The Morgan fingerprint density at radius 3 is 2.68 bits per heavy atom. The molecule has 0 radical (unpaired) electrons. The molecule has 0 bridgehead atoms. The zero-order valence-corrected chi connectivity index (χ0v) is 17.9. The van der Waals surface area contributed by atoms with E-state index in [0.29, 0.717) is 17.8 Å². The average Bonchev–Trinajstić information content (AvgIpc) is 2.99. The first kappa shape index (κ1) is 20.0. The molecule has 4 aliphatic carbocycles. The molecule has 3 fully saturated rings. The lowest BCUT2D eigenvalue weighted by atomic mass is 9.47. The van der Waals surface area contributed by atoms with Crippen molar-refractivity contribution in [2.45, 2.75) is 91.3 Å². The van der Waals surface area contributed by atoms with Crippen molar-refractivity contribution in [1.29, 1.82) is 0 Å². The molecule has 8 unspecified atom stereocenters. The molecule has 3 saturated carbocycles. The predicted molar refractivity (Wildman–Crippen MR) is 107 cm³/mol. The lowest BCUT2D eigenvalue weighted by Crippen LogP contribution is -2.51. The van der Waals surface area contributed by atoms with Gasteiger partial charge in [0.05, 0.1) is 0 Å². The van der Waals surface area contributed by atoms with Crippen LogP contribution in [0.2, 0.25) is 0 Å². The van der Waals surface area contributed by atoms with E-state index >= 15 is 0 Å². The fourth-order valence-corrected chi connectivity index (χ4v) is 7.96. The summed E-state index contributed by atoms with van der Waals surface area (Å²) in [5, 5.41) is 0. The Morgan fingerprint density at radius 1 is 1.18 bits per heavy atom. The number of esters is 1. The molecule has 8 atom stereocenters. The van der Waals surface area contributed by atoms with Crippen LogP contribution in [-0.2, 0) is 19.1 Å². The van der Waals surface area contributed by atoms with Crippen LogP contribution in [0.25, 0.3) is 0 Å². The first-order valence-electron chi connectivity index (χ1n) is 11.3. The van der Waals surface area contributed by atoms with Crippen LogP contribution < -0.4 is 0 Å². The molecule has 4 aliphatic rings. The van der Waals surface area contributed by atoms with Crippen LogP contribution in [0.5, 0.6) is 0 Å². The van der Waals surface area contributed by atoms with E-state index < -0.39 is 0 Å². The number of rotatable bonds is 4. The molecule has 0 aromatic carbocycles. The molecule has 28 heavy (non-hydrogen) atoms. The fourth-order valence-electron chi connectivity index (χ4n) is 7.96. The summed E-state index contributed by atoms with van der Waals surface area (Å²) in [6.07, 6.45) is 11.8. The van der Waals surface area contributed by atoms with Gasteiger partial charge in [-0.2, -0.15) is 0 Å². The number of ether oxygens (including phenoxy) is 2. The second-order valence-electron chi connectivity index (χ2n) is 10.4. The van der Waals surface area contributed by atoms with Crippen molar-refractivity contribution >= 4 is 12.4 Å². The predicted octanol–water partition coefficient (Wildman–Crippen LogP) is 5.06. The summed E-state index contributed by atoms with van der Waals surface area (Å²) in [5.74, 6) is 2.55. The van der Waals surface area contributed by atoms with Gasteiger partial charge in [-0.1, -0.05) is 25.5 Å². The van der Waals surface area contributed by atoms with E-state index in [1.807, 2.05) is 0 Å². The number of hydrogen-bond donors (Lipinski definition) is 0. The van der Waals surface area contributed by atoms with Crippen LogP contribution in [-0.4, -0.2) is 24.6 Å². The topological polar surface area (TPSA) is 52.6 Å². The molecule has 4 nitrogen and oxygen atoms in total. The van der Waals surface area contributed by atoms with Gasteiger partial charge in [0, 0.05) is 19.3 Å². The highest BCUT2D eigenvalue weighted by molar-refractivity contribution is 5.66. The molecule has 156 valence electrons. The van der Waals surface area contributed by atoms with Gasteiger partial charge in [0.25, 0.3) is 6.47 Å². The Morgan fingerprint density at radius 2 is 1.96 bits per heavy atom. The summed E-state index contributed by atoms with van der Waals surface area (Å²) in [6.45, 7) is 9.18. The maximum Gasteiger partial charge on any atom is 0.302 e. The van der Waals surface area contributed by atoms with Crippen molar-refractivity contribution in [2.24, 2.45) is 34.5 Å². The normalized spacial score (nSPS) is 45.7. The molecule has 0 aromatic rings.